The number of carbonyl (C=O) groups excluding carboxylic acids is 3. The summed E-state index contributed by atoms with van der Waals surface area (Å²) in [7, 11) is 0. The number of unbranched alkanes of at least 4 members (excludes halogenated alkanes) is 44. The van der Waals surface area contributed by atoms with Gasteiger partial charge in [0.1, 0.15) is 13.2 Å². The van der Waals surface area contributed by atoms with Gasteiger partial charge in [-0.05, 0) is 83.5 Å². The average molecular weight is 1080 g/mol. The van der Waals surface area contributed by atoms with Gasteiger partial charge in [0.2, 0.25) is 0 Å². The Balaban J connectivity index is 4.13. The molecule has 0 saturated carbocycles. The highest BCUT2D eigenvalue weighted by molar-refractivity contribution is 5.71. The Morgan fingerprint density at radius 3 is 0.740 bits per heavy atom. The molecule has 450 valence electrons. The molecule has 1 unspecified atom stereocenters. The summed E-state index contributed by atoms with van der Waals surface area (Å²) in [6, 6.07) is 0. The summed E-state index contributed by atoms with van der Waals surface area (Å²) >= 11 is 0. The van der Waals surface area contributed by atoms with E-state index in [1.165, 1.54) is 257 Å². The summed E-state index contributed by atoms with van der Waals surface area (Å²) in [4.78, 5) is 38.2. The van der Waals surface area contributed by atoms with Gasteiger partial charge in [-0.2, -0.15) is 0 Å². The van der Waals surface area contributed by atoms with Crippen LogP contribution < -0.4 is 0 Å². The van der Waals surface area contributed by atoms with Gasteiger partial charge in [0.15, 0.2) is 6.10 Å². The smallest absolute Gasteiger partial charge is 0.306 e. The number of allylic oxidation sites excluding steroid dienone is 8. The largest absolute Gasteiger partial charge is 0.462 e. The molecule has 0 aromatic rings. The molecule has 0 spiro atoms. The fourth-order valence-corrected chi connectivity index (χ4v) is 10.2. The molecular weight excluding hydrogens is 949 g/mol. The summed E-state index contributed by atoms with van der Waals surface area (Å²) in [6.45, 7) is 6.66. The van der Waals surface area contributed by atoms with Gasteiger partial charge in [-0.25, -0.2) is 0 Å². The van der Waals surface area contributed by atoms with Crippen molar-refractivity contribution in [2.75, 3.05) is 13.2 Å². The Hall–Kier alpha value is -2.63. The van der Waals surface area contributed by atoms with Crippen molar-refractivity contribution in [2.24, 2.45) is 0 Å². The van der Waals surface area contributed by atoms with Crippen LogP contribution in [-0.4, -0.2) is 37.2 Å². The Morgan fingerprint density at radius 1 is 0.260 bits per heavy atom. The van der Waals surface area contributed by atoms with E-state index in [4.69, 9.17) is 14.2 Å². The number of carbonyl (C=O) groups is 3. The third kappa shape index (κ3) is 64.1. The second-order valence-corrected chi connectivity index (χ2v) is 23.1. The SMILES string of the molecule is CCCCCCC/C=C\C/C=C\C/C=C\CCCCCCCCCCCCCCCCC(=O)OCC(COC(=O)CCCCCCCCCCC)OC(=O)CCCCCCCCCCC/C=C\CCCCCCCCCC. The maximum atomic E-state index is 12.9. The van der Waals surface area contributed by atoms with E-state index in [-0.39, 0.29) is 31.1 Å². The lowest BCUT2D eigenvalue weighted by atomic mass is 10.0. The van der Waals surface area contributed by atoms with Gasteiger partial charge in [0.25, 0.3) is 0 Å². The van der Waals surface area contributed by atoms with E-state index in [1.807, 2.05) is 0 Å². The molecule has 0 bridgehead atoms. The number of esters is 3. The number of hydrogen-bond acceptors (Lipinski definition) is 6. The normalized spacial score (nSPS) is 12.3. The zero-order chi connectivity index (χ0) is 55.7. The fourth-order valence-electron chi connectivity index (χ4n) is 10.2. The third-order valence-corrected chi connectivity index (χ3v) is 15.3. The van der Waals surface area contributed by atoms with Gasteiger partial charge in [-0.3, -0.25) is 14.4 Å². The molecule has 0 saturated heterocycles. The minimum atomic E-state index is -0.771. The van der Waals surface area contributed by atoms with E-state index in [0.29, 0.717) is 19.3 Å². The van der Waals surface area contributed by atoms with Crippen LogP contribution in [0.5, 0.6) is 0 Å². The van der Waals surface area contributed by atoms with E-state index in [1.54, 1.807) is 0 Å². The lowest BCUT2D eigenvalue weighted by molar-refractivity contribution is -0.167. The first-order valence-electron chi connectivity index (χ1n) is 34.1. The predicted octanol–water partition coefficient (Wildman–Crippen LogP) is 23.3. The molecule has 0 fully saturated rings. The Kier molecular flexibility index (Phi) is 63.6. The summed E-state index contributed by atoms with van der Waals surface area (Å²) < 4.78 is 16.9. The number of ether oxygens (including phenoxy) is 3. The van der Waals surface area contributed by atoms with Gasteiger partial charge in [-0.15, -0.1) is 0 Å². The maximum Gasteiger partial charge on any atom is 0.306 e. The first-order valence-corrected chi connectivity index (χ1v) is 34.1. The van der Waals surface area contributed by atoms with Crippen molar-refractivity contribution in [3.8, 4) is 0 Å². The lowest BCUT2D eigenvalue weighted by Gasteiger charge is -2.18. The van der Waals surface area contributed by atoms with Crippen LogP contribution in [0, 0.1) is 0 Å². The summed E-state index contributed by atoms with van der Waals surface area (Å²) in [5.74, 6) is -0.854. The van der Waals surface area contributed by atoms with Crippen LogP contribution in [0.15, 0.2) is 48.6 Å². The lowest BCUT2D eigenvalue weighted by Crippen LogP contribution is -2.30. The van der Waals surface area contributed by atoms with Crippen molar-refractivity contribution in [2.45, 2.75) is 374 Å². The summed E-state index contributed by atoms with van der Waals surface area (Å²) in [5.41, 5.74) is 0. The third-order valence-electron chi connectivity index (χ3n) is 15.3. The highest BCUT2D eigenvalue weighted by Crippen LogP contribution is 2.17. The van der Waals surface area contributed by atoms with Crippen molar-refractivity contribution in [3.05, 3.63) is 48.6 Å². The highest BCUT2D eigenvalue weighted by Gasteiger charge is 2.19. The molecule has 0 amide bonds. The van der Waals surface area contributed by atoms with Crippen LogP contribution in [0.4, 0.5) is 0 Å². The topological polar surface area (TPSA) is 78.9 Å². The van der Waals surface area contributed by atoms with Crippen molar-refractivity contribution >= 4 is 17.9 Å². The molecule has 0 aliphatic rings. The fraction of sp³-hybridized carbons (Fsp3) is 0.845. The molecule has 6 heteroatoms. The second kappa shape index (κ2) is 65.9. The van der Waals surface area contributed by atoms with Crippen molar-refractivity contribution in [1.29, 1.82) is 0 Å². The monoisotopic (exact) mass is 1080 g/mol. The maximum absolute atomic E-state index is 12.9. The summed E-state index contributed by atoms with van der Waals surface area (Å²) in [5, 5.41) is 0. The van der Waals surface area contributed by atoms with Gasteiger partial charge in [0.05, 0.1) is 0 Å². The van der Waals surface area contributed by atoms with Gasteiger partial charge in [0, 0.05) is 19.3 Å². The molecule has 0 aliphatic carbocycles. The standard InChI is InChI=1S/C71H130O6/c1-4-7-10-13-16-19-21-23-25-27-29-31-32-33-34-35-36-37-38-40-41-43-45-47-49-52-55-58-61-64-70(73)76-67-68(66-75-69(72)63-60-57-54-51-18-15-12-9-6-3)77-71(74)65-62-59-56-53-50-48-46-44-42-39-30-28-26-24-22-20-17-14-11-8-5-2/h21,23,27-30,32-33,68H,4-20,22,24-26,31,34-67H2,1-3H3/b23-21-,29-27-,30-28-,33-32-. The highest BCUT2D eigenvalue weighted by atomic mass is 16.6. The van der Waals surface area contributed by atoms with Gasteiger partial charge < -0.3 is 14.2 Å². The molecule has 6 nitrogen and oxygen atoms in total. The van der Waals surface area contributed by atoms with Crippen LogP contribution >= 0.6 is 0 Å². The minimum absolute atomic E-state index is 0.0697. The Morgan fingerprint density at radius 2 is 0.468 bits per heavy atom. The van der Waals surface area contributed by atoms with Crippen molar-refractivity contribution < 1.29 is 28.6 Å². The van der Waals surface area contributed by atoms with Crippen molar-refractivity contribution in [1.82, 2.24) is 0 Å². The van der Waals surface area contributed by atoms with E-state index >= 15 is 0 Å². The molecule has 0 radical (unpaired) electrons. The first kappa shape index (κ1) is 74.4. The van der Waals surface area contributed by atoms with Crippen LogP contribution in [0.25, 0.3) is 0 Å². The zero-order valence-electron chi connectivity index (χ0n) is 51.7. The molecule has 0 aromatic heterocycles. The molecule has 0 aromatic carbocycles. The number of hydrogen-bond donors (Lipinski definition) is 0. The van der Waals surface area contributed by atoms with E-state index in [0.717, 1.165) is 70.6 Å². The van der Waals surface area contributed by atoms with E-state index in [9.17, 15) is 14.4 Å². The van der Waals surface area contributed by atoms with Crippen LogP contribution in [0.2, 0.25) is 0 Å². The van der Waals surface area contributed by atoms with Crippen LogP contribution in [0.3, 0.4) is 0 Å². The van der Waals surface area contributed by atoms with E-state index in [2.05, 4.69) is 69.4 Å². The molecule has 0 rings (SSSR count). The van der Waals surface area contributed by atoms with Crippen LogP contribution in [0.1, 0.15) is 367 Å². The quantitative estimate of drug-likeness (QED) is 0.0261. The molecule has 77 heavy (non-hydrogen) atoms. The average Bonchev–Trinajstić information content (AvgIpc) is 3.43. The van der Waals surface area contributed by atoms with Crippen LogP contribution in [-0.2, 0) is 28.6 Å². The van der Waals surface area contributed by atoms with Gasteiger partial charge >= 0.3 is 17.9 Å². The first-order chi connectivity index (χ1) is 38.0. The van der Waals surface area contributed by atoms with Crippen molar-refractivity contribution in [3.63, 3.8) is 0 Å². The minimum Gasteiger partial charge on any atom is -0.462 e. The molecule has 1 atom stereocenters. The molecule has 0 N–H and O–H groups in total. The Labute approximate surface area is 479 Å². The Bertz CT molecular complexity index is 1330. The molecule has 0 heterocycles. The van der Waals surface area contributed by atoms with Gasteiger partial charge in [-0.1, -0.05) is 313 Å². The zero-order valence-corrected chi connectivity index (χ0v) is 51.7. The van der Waals surface area contributed by atoms with E-state index < -0.39 is 6.10 Å². The molecular formula is C71H130O6. The summed E-state index contributed by atoms with van der Waals surface area (Å²) in [6.07, 6.45) is 82.9. The molecule has 0 aliphatic heterocycles. The number of rotatable bonds is 63. The predicted molar refractivity (Wildman–Crippen MR) is 335 cm³/mol. The second-order valence-electron chi connectivity index (χ2n) is 23.1.